The normalized spacial score (nSPS) is 11.6. The van der Waals surface area contributed by atoms with E-state index in [2.05, 4.69) is 43.4 Å². The minimum absolute atomic E-state index is 0.187. The summed E-state index contributed by atoms with van der Waals surface area (Å²) in [5.74, 6) is 0.518. The van der Waals surface area contributed by atoms with Crippen LogP contribution in [-0.4, -0.2) is 17.7 Å². The molecule has 0 saturated carbocycles. The second-order valence-electron chi connectivity index (χ2n) is 5.32. The molecule has 0 bridgehead atoms. The quantitative estimate of drug-likeness (QED) is 0.840. The predicted molar refractivity (Wildman–Crippen MR) is 69.6 cm³/mol. The van der Waals surface area contributed by atoms with E-state index < -0.39 is 6.09 Å². The topological polar surface area (TPSA) is 49.3 Å². The summed E-state index contributed by atoms with van der Waals surface area (Å²) in [5, 5.41) is 11.1. The van der Waals surface area contributed by atoms with Crippen molar-refractivity contribution in [1.82, 2.24) is 5.32 Å². The third-order valence-electron chi connectivity index (χ3n) is 3.04. The Morgan fingerprint density at radius 1 is 1.29 bits per heavy atom. The van der Waals surface area contributed by atoms with Gasteiger partial charge in [0.2, 0.25) is 0 Å². The highest BCUT2D eigenvalue weighted by atomic mass is 16.4. The average Bonchev–Trinajstić information content (AvgIpc) is 2.27. The van der Waals surface area contributed by atoms with E-state index in [1.807, 2.05) is 13.8 Å². The van der Waals surface area contributed by atoms with Gasteiger partial charge in [-0.25, -0.2) is 4.79 Å². The van der Waals surface area contributed by atoms with Crippen molar-refractivity contribution in [2.45, 2.75) is 39.0 Å². The Morgan fingerprint density at radius 3 is 2.24 bits per heavy atom. The van der Waals surface area contributed by atoms with Gasteiger partial charge >= 0.3 is 6.09 Å². The lowest BCUT2D eigenvalue weighted by Gasteiger charge is -2.25. The molecule has 0 spiro atoms. The van der Waals surface area contributed by atoms with E-state index in [0.717, 1.165) is 5.56 Å². The zero-order valence-electron chi connectivity index (χ0n) is 10.9. The Labute approximate surface area is 103 Å². The van der Waals surface area contributed by atoms with Gasteiger partial charge in [0.05, 0.1) is 0 Å². The smallest absolute Gasteiger partial charge is 0.404 e. The summed E-state index contributed by atoms with van der Waals surface area (Å²) >= 11 is 0. The minimum Gasteiger partial charge on any atom is -0.465 e. The highest BCUT2D eigenvalue weighted by Gasteiger charge is 2.21. The first-order valence-corrected chi connectivity index (χ1v) is 5.90. The van der Waals surface area contributed by atoms with Crippen molar-refractivity contribution in [3.63, 3.8) is 0 Å². The van der Waals surface area contributed by atoms with Gasteiger partial charge in [-0.3, -0.25) is 0 Å². The fraction of sp³-hybridized carbons (Fsp3) is 0.500. The van der Waals surface area contributed by atoms with Gasteiger partial charge < -0.3 is 10.4 Å². The van der Waals surface area contributed by atoms with Crippen LogP contribution in [0.15, 0.2) is 24.3 Å². The van der Waals surface area contributed by atoms with Gasteiger partial charge in [-0.05, 0) is 17.0 Å². The van der Waals surface area contributed by atoms with E-state index in [1.165, 1.54) is 5.56 Å². The molecule has 0 fully saturated rings. The molecule has 1 rings (SSSR count). The van der Waals surface area contributed by atoms with Gasteiger partial charge in [0.15, 0.2) is 0 Å². The van der Waals surface area contributed by atoms with Crippen LogP contribution in [0.2, 0.25) is 0 Å². The zero-order chi connectivity index (χ0) is 13.1. The van der Waals surface area contributed by atoms with E-state index in [9.17, 15) is 4.79 Å². The van der Waals surface area contributed by atoms with E-state index in [-0.39, 0.29) is 5.41 Å². The Kier molecular flexibility index (Phi) is 4.16. The highest BCUT2D eigenvalue weighted by Crippen LogP contribution is 2.24. The van der Waals surface area contributed by atoms with E-state index in [0.29, 0.717) is 12.5 Å². The van der Waals surface area contributed by atoms with Crippen molar-refractivity contribution in [2.24, 2.45) is 0 Å². The maximum Gasteiger partial charge on any atom is 0.404 e. The van der Waals surface area contributed by atoms with Crippen molar-refractivity contribution in [3.05, 3.63) is 35.4 Å². The molecule has 0 aliphatic heterocycles. The lowest BCUT2D eigenvalue weighted by atomic mass is 9.83. The summed E-state index contributed by atoms with van der Waals surface area (Å²) < 4.78 is 0. The number of carbonyl (C=O) groups is 1. The molecule has 0 atom stereocenters. The van der Waals surface area contributed by atoms with Crippen molar-refractivity contribution >= 4 is 6.09 Å². The van der Waals surface area contributed by atoms with Gasteiger partial charge in [0, 0.05) is 12.0 Å². The Hall–Kier alpha value is -1.51. The highest BCUT2D eigenvalue weighted by molar-refractivity contribution is 5.64. The Balaban J connectivity index is 2.80. The fourth-order valence-electron chi connectivity index (χ4n) is 1.72. The van der Waals surface area contributed by atoms with Gasteiger partial charge in [-0.15, -0.1) is 0 Å². The first kappa shape index (κ1) is 13.6. The van der Waals surface area contributed by atoms with E-state index in [1.54, 1.807) is 0 Å². The van der Waals surface area contributed by atoms with Gasteiger partial charge in [0.1, 0.15) is 0 Å². The second-order valence-corrected chi connectivity index (χ2v) is 5.32. The average molecular weight is 235 g/mol. The number of hydrogen-bond acceptors (Lipinski definition) is 1. The van der Waals surface area contributed by atoms with Crippen LogP contribution in [0.4, 0.5) is 4.79 Å². The van der Waals surface area contributed by atoms with Crippen LogP contribution < -0.4 is 5.32 Å². The van der Waals surface area contributed by atoms with Gasteiger partial charge in [0.25, 0.3) is 0 Å². The Bertz CT molecular complexity index is 380. The molecule has 1 aromatic carbocycles. The molecule has 0 unspecified atom stereocenters. The van der Waals surface area contributed by atoms with E-state index >= 15 is 0 Å². The monoisotopic (exact) mass is 235 g/mol. The molecule has 0 radical (unpaired) electrons. The summed E-state index contributed by atoms with van der Waals surface area (Å²) in [7, 11) is 0. The fourth-order valence-corrected chi connectivity index (χ4v) is 1.72. The number of rotatable bonds is 4. The largest absolute Gasteiger partial charge is 0.465 e. The van der Waals surface area contributed by atoms with Crippen LogP contribution in [0, 0.1) is 0 Å². The second kappa shape index (κ2) is 5.21. The molecule has 0 saturated heterocycles. The maximum absolute atomic E-state index is 10.5. The standard InChI is InChI=1S/C14H21NO2/c1-10(2)11-5-7-12(8-6-11)14(3,4)9-15-13(16)17/h5-8,10,15H,9H2,1-4H3,(H,16,17). The summed E-state index contributed by atoms with van der Waals surface area (Å²) in [4.78, 5) is 10.5. The van der Waals surface area contributed by atoms with Gasteiger partial charge in [-0.1, -0.05) is 52.0 Å². The molecule has 0 heterocycles. The number of hydrogen-bond donors (Lipinski definition) is 2. The van der Waals surface area contributed by atoms with Crippen LogP contribution in [-0.2, 0) is 5.41 Å². The van der Waals surface area contributed by atoms with Crippen LogP contribution >= 0.6 is 0 Å². The molecule has 0 aromatic heterocycles. The molecule has 3 heteroatoms. The van der Waals surface area contributed by atoms with Crippen LogP contribution in [0.25, 0.3) is 0 Å². The first-order valence-electron chi connectivity index (χ1n) is 5.90. The minimum atomic E-state index is -0.975. The molecule has 1 amide bonds. The molecule has 1 aromatic rings. The van der Waals surface area contributed by atoms with Crippen molar-refractivity contribution in [3.8, 4) is 0 Å². The lowest BCUT2D eigenvalue weighted by molar-refractivity contribution is 0.192. The maximum atomic E-state index is 10.5. The molecule has 0 aliphatic carbocycles. The van der Waals surface area contributed by atoms with Gasteiger partial charge in [-0.2, -0.15) is 0 Å². The SMILES string of the molecule is CC(C)c1ccc(C(C)(C)CNC(=O)O)cc1. The third-order valence-corrected chi connectivity index (χ3v) is 3.04. The van der Waals surface area contributed by atoms with Crippen molar-refractivity contribution in [1.29, 1.82) is 0 Å². The van der Waals surface area contributed by atoms with Crippen LogP contribution in [0.5, 0.6) is 0 Å². The van der Waals surface area contributed by atoms with Crippen molar-refractivity contribution < 1.29 is 9.90 Å². The molecular formula is C14H21NO2. The molecule has 94 valence electrons. The van der Waals surface area contributed by atoms with Crippen molar-refractivity contribution in [2.75, 3.05) is 6.54 Å². The number of nitrogens with one attached hydrogen (secondary N) is 1. The lowest BCUT2D eigenvalue weighted by Crippen LogP contribution is -2.35. The third kappa shape index (κ3) is 3.77. The molecule has 2 N–H and O–H groups in total. The Morgan fingerprint density at radius 2 is 1.82 bits per heavy atom. The molecule has 0 aliphatic rings. The first-order chi connectivity index (χ1) is 7.83. The number of benzene rings is 1. The van der Waals surface area contributed by atoms with E-state index in [4.69, 9.17) is 5.11 Å². The predicted octanol–water partition coefficient (Wildman–Crippen LogP) is 3.36. The molecule has 17 heavy (non-hydrogen) atoms. The van der Waals surface area contributed by atoms with Crippen LogP contribution in [0.3, 0.4) is 0 Å². The summed E-state index contributed by atoms with van der Waals surface area (Å²) in [6.07, 6.45) is -0.975. The molecule has 3 nitrogen and oxygen atoms in total. The summed E-state index contributed by atoms with van der Waals surface area (Å²) in [6, 6.07) is 8.39. The zero-order valence-corrected chi connectivity index (χ0v) is 10.9. The number of carboxylic acid groups (broad SMARTS) is 1. The summed E-state index contributed by atoms with van der Waals surface area (Å²) in [5.41, 5.74) is 2.26. The summed E-state index contributed by atoms with van der Waals surface area (Å²) in [6.45, 7) is 8.81. The van der Waals surface area contributed by atoms with Crippen LogP contribution in [0.1, 0.15) is 44.7 Å². The molecular weight excluding hydrogens is 214 g/mol. The number of amides is 1.